The number of azo groups is 2. The number of nitrogens with zero attached hydrogens (tertiary/aromatic N) is 8. The van der Waals surface area contributed by atoms with Crippen LogP contribution in [0.15, 0.2) is 78.6 Å². The lowest BCUT2D eigenvalue weighted by Crippen LogP contribution is -2.35. The molecule has 2 fully saturated rings. The van der Waals surface area contributed by atoms with Crippen molar-refractivity contribution in [1.29, 1.82) is 10.5 Å². The van der Waals surface area contributed by atoms with Gasteiger partial charge in [0.2, 0.25) is 0 Å². The molecule has 0 radical (unpaired) electrons. The first-order chi connectivity index (χ1) is 33.4. The molecule has 2 heterocycles. The number of aromatic nitrogens is 2. The van der Waals surface area contributed by atoms with Gasteiger partial charge in [0.05, 0.1) is 22.3 Å². The van der Waals surface area contributed by atoms with E-state index in [1.165, 1.54) is 13.8 Å². The number of benzene rings is 2. The molecule has 2 N–H and O–H groups in total. The Kier molecular flexibility index (Phi) is 17.3. The fourth-order valence-corrected chi connectivity index (χ4v) is 10.1. The maximum Gasteiger partial charge on any atom is 0.340 e. The lowest BCUT2D eigenvalue weighted by atomic mass is 9.75. The summed E-state index contributed by atoms with van der Waals surface area (Å²) in [6.07, 6.45) is 5.79. The van der Waals surface area contributed by atoms with E-state index >= 15 is 0 Å². The van der Waals surface area contributed by atoms with Crippen LogP contribution in [0.1, 0.15) is 143 Å². The van der Waals surface area contributed by atoms with Crippen LogP contribution in [0.4, 0.5) is 22.7 Å². The van der Waals surface area contributed by atoms with Gasteiger partial charge in [0.25, 0.3) is 11.1 Å². The number of esters is 2. The Bertz CT molecular complexity index is 2850. The summed E-state index contributed by atoms with van der Waals surface area (Å²) in [6.45, 7) is 17.6. The standard InChI is InChI=1S/C54H66N8O8/c1-30(2)37-22-20-32(5)25-45(37)69-53(67)39-16-10-12-18-43(39)57-59-47-41(27-55)35(8)49(63)61(51(47)65)24-14-15-34(7)29-62-50(64)36(9)42(28-56)48(52(62)66)60-58-44-19-13-11-17-40(44)54(68)70-46-26-33(6)21-23-38(46)31(3)4/h10-13,16-19,30-34,37-38,45-46,63-64H,14-15,20-26,29H2,1-9H3. The van der Waals surface area contributed by atoms with Gasteiger partial charge in [-0.1, -0.05) is 85.6 Å². The molecule has 7 atom stereocenters. The van der Waals surface area contributed by atoms with E-state index in [0.717, 1.165) is 47.7 Å². The van der Waals surface area contributed by atoms with Crippen LogP contribution in [0.2, 0.25) is 0 Å². The van der Waals surface area contributed by atoms with Crippen LogP contribution in [0, 0.1) is 77.9 Å². The third kappa shape index (κ3) is 11.7. The highest BCUT2D eigenvalue weighted by Crippen LogP contribution is 2.39. The zero-order valence-electron chi connectivity index (χ0n) is 41.8. The Morgan fingerprint density at radius 2 is 1.09 bits per heavy atom. The number of hydrogen-bond acceptors (Lipinski definition) is 14. The second-order valence-electron chi connectivity index (χ2n) is 20.2. The summed E-state index contributed by atoms with van der Waals surface area (Å²) >= 11 is 0. The van der Waals surface area contributed by atoms with Gasteiger partial charge >= 0.3 is 11.9 Å². The van der Waals surface area contributed by atoms with Gasteiger partial charge in [-0.15, -0.1) is 20.5 Å². The third-order valence-corrected chi connectivity index (χ3v) is 14.3. The van der Waals surface area contributed by atoms with Crippen LogP contribution in [-0.2, 0) is 22.6 Å². The predicted octanol–water partition coefficient (Wildman–Crippen LogP) is 12.0. The van der Waals surface area contributed by atoms with E-state index < -0.39 is 34.8 Å². The molecule has 0 saturated heterocycles. The monoisotopic (exact) mass is 955 g/mol. The lowest BCUT2D eigenvalue weighted by molar-refractivity contribution is -0.0181. The van der Waals surface area contributed by atoms with Crippen molar-refractivity contribution in [2.45, 2.75) is 139 Å². The average molecular weight is 955 g/mol. The summed E-state index contributed by atoms with van der Waals surface area (Å²) in [7, 11) is 0. The molecule has 2 aliphatic rings. The summed E-state index contributed by atoms with van der Waals surface area (Å²) in [5.41, 5.74) is -1.60. The quantitative estimate of drug-likeness (QED) is 0.0796. The minimum Gasteiger partial charge on any atom is -0.494 e. The molecule has 16 heteroatoms. The number of ether oxygens (including phenoxy) is 2. The molecule has 6 rings (SSSR count). The van der Waals surface area contributed by atoms with Crippen molar-refractivity contribution in [2.75, 3.05) is 0 Å². The number of rotatable bonds is 16. The van der Waals surface area contributed by atoms with Gasteiger partial charge < -0.3 is 19.7 Å². The summed E-state index contributed by atoms with van der Waals surface area (Å²) in [5, 5.41) is 59.6. The van der Waals surface area contributed by atoms with Gasteiger partial charge in [-0.3, -0.25) is 18.7 Å². The molecule has 2 aromatic carbocycles. The summed E-state index contributed by atoms with van der Waals surface area (Å²) in [4.78, 5) is 55.2. The van der Waals surface area contributed by atoms with Crippen molar-refractivity contribution in [2.24, 2.45) is 61.9 Å². The Hall–Kier alpha value is -6.94. The second-order valence-corrected chi connectivity index (χ2v) is 20.2. The van der Waals surface area contributed by atoms with Crippen molar-refractivity contribution in [1.82, 2.24) is 9.13 Å². The number of nitriles is 2. The van der Waals surface area contributed by atoms with Crippen molar-refractivity contribution < 1.29 is 29.3 Å². The fraction of sp³-hybridized carbons (Fsp3) is 0.519. The van der Waals surface area contributed by atoms with Gasteiger partial charge in [-0.05, 0) is 118 Å². The van der Waals surface area contributed by atoms with E-state index in [2.05, 4.69) is 62.0 Å². The molecule has 0 spiro atoms. The Balaban J connectivity index is 1.19. The zero-order chi connectivity index (χ0) is 51.0. The average Bonchev–Trinajstić information content (AvgIpc) is 3.32. The highest BCUT2D eigenvalue weighted by Gasteiger charge is 2.36. The van der Waals surface area contributed by atoms with E-state index in [0.29, 0.717) is 36.5 Å². The molecule has 370 valence electrons. The first-order valence-electron chi connectivity index (χ1n) is 24.5. The maximum absolute atomic E-state index is 14.0. The van der Waals surface area contributed by atoms with Crippen LogP contribution in [-0.4, -0.2) is 43.5 Å². The first-order valence-corrected chi connectivity index (χ1v) is 24.5. The molecule has 7 unspecified atom stereocenters. The van der Waals surface area contributed by atoms with Gasteiger partial charge in [0.15, 0.2) is 23.1 Å². The topological polar surface area (TPSA) is 234 Å². The molecule has 2 saturated carbocycles. The number of carbonyl (C=O) groups is 2. The maximum atomic E-state index is 14.0. The van der Waals surface area contributed by atoms with E-state index in [9.17, 15) is 39.9 Å². The van der Waals surface area contributed by atoms with Gasteiger partial charge in [-0.2, -0.15) is 10.5 Å². The Labute approximate surface area is 409 Å². The summed E-state index contributed by atoms with van der Waals surface area (Å²) in [5.74, 6) is -0.282. The van der Waals surface area contributed by atoms with Crippen LogP contribution in [0.25, 0.3) is 0 Å². The van der Waals surface area contributed by atoms with Crippen molar-refractivity contribution in [3.05, 3.63) is 103 Å². The van der Waals surface area contributed by atoms with E-state index in [4.69, 9.17) is 9.47 Å². The normalized spacial score (nSPS) is 20.9. The van der Waals surface area contributed by atoms with Crippen LogP contribution in [0.5, 0.6) is 11.8 Å². The van der Waals surface area contributed by atoms with Crippen LogP contribution < -0.4 is 11.1 Å². The van der Waals surface area contributed by atoms with E-state index in [1.54, 1.807) is 48.5 Å². The molecule has 2 aliphatic carbocycles. The van der Waals surface area contributed by atoms with E-state index in [1.807, 2.05) is 19.1 Å². The Morgan fingerprint density at radius 3 is 1.51 bits per heavy atom. The number of carbonyl (C=O) groups excluding carboxylic acids is 2. The highest BCUT2D eigenvalue weighted by atomic mass is 16.5. The number of pyridine rings is 2. The summed E-state index contributed by atoms with van der Waals surface area (Å²) in [6, 6.07) is 17.0. The SMILES string of the molecule is Cc1c(C#N)c(N=Nc2ccccc2C(=O)OC2CC(C)CCC2C(C)C)c(=O)n(CCCC(C)Cn2c(O)c(C)c(C#N)c(N=Nc3ccccc3C(=O)OC3CC(C)CCC3C(C)C)c2=O)c1O. The minimum absolute atomic E-state index is 0.00367. The molecule has 0 bridgehead atoms. The van der Waals surface area contributed by atoms with Crippen LogP contribution >= 0.6 is 0 Å². The lowest BCUT2D eigenvalue weighted by Gasteiger charge is -2.36. The molecule has 70 heavy (non-hydrogen) atoms. The molecular formula is C54H66N8O8. The number of hydrogen-bond donors (Lipinski definition) is 2. The molecule has 16 nitrogen and oxygen atoms in total. The molecule has 0 aliphatic heterocycles. The molecule has 2 aromatic heterocycles. The number of aromatic hydroxyl groups is 2. The summed E-state index contributed by atoms with van der Waals surface area (Å²) < 4.78 is 14.4. The molecule has 0 amide bonds. The first kappa shape index (κ1) is 52.4. The molecular weight excluding hydrogens is 889 g/mol. The molecule has 4 aromatic rings. The third-order valence-electron chi connectivity index (χ3n) is 14.3. The largest absolute Gasteiger partial charge is 0.494 e. The van der Waals surface area contributed by atoms with Crippen molar-refractivity contribution >= 4 is 34.7 Å². The van der Waals surface area contributed by atoms with Gasteiger partial charge in [0.1, 0.15) is 35.7 Å². The van der Waals surface area contributed by atoms with Crippen molar-refractivity contribution in [3.63, 3.8) is 0 Å². The van der Waals surface area contributed by atoms with Gasteiger partial charge in [-0.25, -0.2) is 9.59 Å². The second kappa shape index (κ2) is 23.1. The predicted molar refractivity (Wildman–Crippen MR) is 264 cm³/mol. The highest BCUT2D eigenvalue weighted by molar-refractivity contribution is 5.95. The van der Waals surface area contributed by atoms with E-state index in [-0.39, 0.29) is 99.2 Å². The van der Waals surface area contributed by atoms with Gasteiger partial charge in [0, 0.05) is 24.2 Å². The smallest absolute Gasteiger partial charge is 0.340 e. The minimum atomic E-state index is -0.768. The van der Waals surface area contributed by atoms with Crippen LogP contribution in [0.3, 0.4) is 0 Å². The van der Waals surface area contributed by atoms with Crippen molar-refractivity contribution in [3.8, 4) is 23.9 Å². The fourth-order valence-electron chi connectivity index (χ4n) is 10.1. The zero-order valence-corrected chi connectivity index (χ0v) is 41.8. The Morgan fingerprint density at radius 1 is 0.671 bits per heavy atom.